The third-order valence-electron chi connectivity index (χ3n) is 8.39. The highest BCUT2D eigenvalue weighted by atomic mass is 79.9. The number of hydrogen-bond acceptors (Lipinski definition) is 3. The Morgan fingerprint density at radius 2 is 1.36 bits per heavy atom. The molecular formula is C31H26BrNO3. The number of carbonyl (C=O) groups is 3. The number of ketones is 1. The van der Waals surface area contributed by atoms with E-state index in [1.165, 1.54) is 4.90 Å². The van der Waals surface area contributed by atoms with Crippen molar-refractivity contribution < 1.29 is 14.4 Å². The number of amides is 2. The summed E-state index contributed by atoms with van der Waals surface area (Å²) in [4.78, 5) is 44.3. The van der Waals surface area contributed by atoms with Crippen LogP contribution in [0.3, 0.4) is 0 Å². The zero-order valence-corrected chi connectivity index (χ0v) is 21.8. The van der Waals surface area contributed by atoms with E-state index >= 15 is 0 Å². The topological polar surface area (TPSA) is 54.5 Å². The summed E-state index contributed by atoms with van der Waals surface area (Å²) in [5.41, 5.74) is 2.09. The average Bonchev–Trinajstić information content (AvgIpc) is 3.35. The normalized spacial score (nSPS) is 28.9. The van der Waals surface area contributed by atoms with Crippen LogP contribution in [0.4, 0.5) is 5.69 Å². The summed E-state index contributed by atoms with van der Waals surface area (Å²) < 4.78 is 0.791. The zero-order chi connectivity index (χ0) is 25.2. The maximum absolute atomic E-state index is 14.6. The van der Waals surface area contributed by atoms with Gasteiger partial charge in [-0.25, -0.2) is 4.90 Å². The minimum atomic E-state index is -1.10. The lowest BCUT2D eigenvalue weighted by Crippen LogP contribution is -2.41. The predicted octanol–water partition coefficient (Wildman–Crippen LogP) is 6.55. The van der Waals surface area contributed by atoms with Crippen LogP contribution >= 0.6 is 15.9 Å². The summed E-state index contributed by atoms with van der Waals surface area (Å²) >= 11 is 3.47. The summed E-state index contributed by atoms with van der Waals surface area (Å²) in [5, 5.41) is 0. The van der Waals surface area contributed by atoms with E-state index in [0.29, 0.717) is 12.1 Å². The van der Waals surface area contributed by atoms with E-state index in [1.807, 2.05) is 86.6 Å². The minimum absolute atomic E-state index is 0.0140. The molecule has 5 heteroatoms. The fraction of sp³-hybridized carbons (Fsp3) is 0.258. The summed E-state index contributed by atoms with van der Waals surface area (Å²) in [5.74, 6) is -1.98. The lowest BCUT2D eigenvalue weighted by molar-refractivity contribution is -0.134. The smallest absolute Gasteiger partial charge is 0.239 e. The third kappa shape index (κ3) is 2.78. The molecule has 1 saturated heterocycles. The first-order chi connectivity index (χ1) is 17.4. The van der Waals surface area contributed by atoms with Crippen molar-refractivity contribution >= 4 is 50.4 Å². The Hall–Kier alpha value is -3.31. The molecule has 0 spiro atoms. The number of carbonyl (C=O) groups excluding carboxylic acids is 3. The van der Waals surface area contributed by atoms with Crippen LogP contribution in [0.5, 0.6) is 0 Å². The molecule has 2 bridgehead atoms. The predicted molar refractivity (Wildman–Crippen MR) is 144 cm³/mol. The number of fused-ring (bicyclic) bond motifs is 5. The van der Waals surface area contributed by atoms with Crippen molar-refractivity contribution in [2.24, 2.45) is 22.7 Å². The number of Topliss-reactive ketones (excluding diaryl/α,β-unsaturated/α-hetero) is 1. The van der Waals surface area contributed by atoms with E-state index in [9.17, 15) is 14.4 Å². The first-order valence-electron chi connectivity index (χ1n) is 12.4. The van der Waals surface area contributed by atoms with E-state index < -0.39 is 22.7 Å². The maximum Gasteiger partial charge on any atom is 0.239 e. The maximum atomic E-state index is 14.6. The van der Waals surface area contributed by atoms with Crippen molar-refractivity contribution in [3.63, 3.8) is 0 Å². The number of halogens is 1. The number of hydrogen-bond donors (Lipinski definition) is 0. The Morgan fingerprint density at radius 3 is 1.94 bits per heavy atom. The molecule has 0 unspecified atom stereocenters. The summed E-state index contributed by atoms with van der Waals surface area (Å²) in [6.45, 7) is 3.95. The Labute approximate surface area is 219 Å². The van der Waals surface area contributed by atoms with Gasteiger partial charge in [-0.3, -0.25) is 14.4 Å². The highest BCUT2D eigenvalue weighted by molar-refractivity contribution is 9.10. The van der Waals surface area contributed by atoms with E-state index in [0.717, 1.165) is 33.2 Å². The van der Waals surface area contributed by atoms with Gasteiger partial charge in [0.15, 0.2) is 5.78 Å². The van der Waals surface area contributed by atoms with Crippen LogP contribution in [0.25, 0.3) is 11.1 Å². The van der Waals surface area contributed by atoms with Crippen LogP contribution in [0.15, 0.2) is 89.4 Å². The molecule has 4 atom stereocenters. The Morgan fingerprint density at radius 1 is 0.778 bits per heavy atom. The third-order valence-corrected chi connectivity index (χ3v) is 8.88. The Bertz CT molecular complexity index is 1450. The van der Waals surface area contributed by atoms with Crippen LogP contribution in [-0.4, -0.2) is 17.6 Å². The Balaban J connectivity index is 1.66. The van der Waals surface area contributed by atoms with E-state index in [-0.39, 0.29) is 17.6 Å². The van der Waals surface area contributed by atoms with Crippen molar-refractivity contribution in [3.8, 4) is 0 Å². The van der Waals surface area contributed by atoms with Gasteiger partial charge >= 0.3 is 0 Å². The first kappa shape index (κ1) is 23.1. The SMILES string of the molecule is CCC[C@@]12C(=O)[C@@](C)(C(c3ccccc3)=C1c1ccccc1)[C@@H]1C(=O)N(c3cccc(Br)c3)C(=O)[C@@H]12. The van der Waals surface area contributed by atoms with E-state index in [4.69, 9.17) is 0 Å². The molecule has 2 aliphatic carbocycles. The van der Waals surface area contributed by atoms with Crippen molar-refractivity contribution in [2.45, 2.75) is 26.7 Å². The number of allylic oxidation sites excluding steroid dienone is 2. The standard InChI is InChI=1S/C31H26BrNO3/c1-3-17-31-24(20-13-8-5-9-14-20)23(19-11-6-4-7-12-19)30(2,29(31)36)25-26(31)28(35)33(27(25)34)22-16-10-15-21(32)18-22/h4-16,18,25-26H,3,17H2,1-2H3/t25-,26+,30-,31+/m0/s1. The molecular weight excluding hydrogens is 514 g/mol. The van der Waals surface area contributed by atoms with Crippen molar-refractivity contribution in [2.75, 3.05) is 4.90 Å². The second kappa shape index (κ2) is 8.10. The molecule has 3 aromatic carbocycles. The number of benzene rings is 3. The average molecular weight is 540 g/mol. The molecule has 36 heavy (non-hydrogen) atoms. The van der Waals surface area contributed by atoms with Gasteiger partial charge < -0.3 is 0 Å². The van der Waals surface area contributed by atoms with Gasteiger partial charge in [0.1, 0.15) is 0 Å². The van der Waals surface area contributed by atoms with Crippen molar-refractivity contribution in [3.05, 3.63) is 101 Å². The van der Waals surface area contributed by atoms with Gasteiger partial charge in [-0.1, -0.05) is 96.0 Å². The monoisotopic (exact) mass is 539 g/mol. The van der Waals surface area contributed by atoms with Crippen LogP contribution in [0.2, 0.25) is 0 Å². The Kier molecular flexibility index (Phi) is 5.20. The van der Waals surface area contributed by atoms with Gasteiger partial charge in [-0.15, -0.1) is 0 Å². The van der Waals surface area contributed by atoms with Crippen LogP contribution in [0.1, 0.15) is 37.8 Å². The highest BCUT2D eigenvalue weighted by Crippen LogP contribution is 2.75. The fourth-order valence-corrected chi connectivity index (χ4v) is 7.62. The van der Waals surface area contributed by atoms with Gasteiger partial charge in [0.05, 0.1) is 28.4 Å². The van der Waals surface area contributed by atoms with Gasteiger partial charge in [0.25, 0.3) is 0 Å². The lowest BCUT2D eigenvalue weighted by Gasteiger charge is -2.37. The van der Waals surface area contributed by atoms with Gasteiger partial charge in [0, 0.05) is 4.47 Å². The van der Waals surface area contributed by atoms with Crippen LogP contribution < -0.4 is 4.90 Å². The summed E-state index contributed by atoms with van der Waals surface area (Å²) in [6.07, 6.45) is 1.25. The molecule has 0 aromatic heterocycles. The molecule has 1 saturated carbocycles. The van der Waals surface area contributed by atoms with E-state index in [1.54, 1.807) is 12.1 Å². The quantitative estimate of drug-likeness (QED) is 0.345. The van der Waals surface area contributed by atoms with Gasteiger partial charge in [-0.05, 0) is 53.8 Å². The highest BCUT2D eigenvalue weighted by Gasteiger charge is 2.80. The van der Waals surface area contributed by atoms with Crippen molar-refractivity contribution in [1.29, 1.82) is 0 Å². The van der Waals surface area contributed by atoms with E-state index in [2.05, 4.69) is 15.9 Å². The molecule has 3 aliphatic rings. The number of anilines is 1. The summed E-state index contributed by atoms with van der Waals surface area (Å²) in [6, 6.07) is 27.1. The molecule has 180 valence electrons. The zero-order valence-electron chi connectivity index (χ0n) is 20.2. The minimum Gasteiger partial charge on any atom is -0.298 e. The number of nitrogens with zero attached hydrogens (tertiary/aromatic N) is 1. The number of imide groups is 1. The van der Waals surface area contributed by atoms with Gasteiger partial charge in [-0.2, -0.15) is 0 Å². The molecule has 0 N–H and O–H groups in total. The molecule has 1 aliphatic heterocycles. The molecule has 2 amide bonds. The summed E-state index contributed by atoms with van der Waals surface area (Å²) in [7, 11) is 0. The second-order valence-corrected chi connectivity index (χ2v) is 11.1. The molecule has 4 nitrogen and oxygen atoms in total. The molecule has 3 aromatic rings. The second-order valence-electron chi connectivity index (χ2n) is 10.2. The van der Waals surface area contributed by atoms with Crippen molar-refractivity contribution in [1.82, 2.24) is 0 Å². The molecule has 0 radical (unpaired) electrons. The lowest BCUT2D eigenvalue weighted by atomic mass is 9.61. The number of rotatable bonds is 5. The van der Waals surface area contributed by atoms with Gasteiger partial charge in [0.2, 0.25) is 11.8 Å². The largest absolute Gasteiger partial charge is 0.298 e. The molecule has 2 fully saturated rings. The fourth-order valence-electron chi connectivity index (χ4n) is 7.23. The first-order valence-corrected chi connectivity index (χ1v) is 13.2. The van der Waals surface area contributed by atoms with Crippen LogP contribution in [0, 0.1) is 22.7 Å². The van der Waals surface area contributed by atoms with Crippen LogP contribution in [-0.2, 0) is 14.4 Å². The molecule has 6 rings (SSSR count). The molecule has 1 heterocycles.